The van der Waals surface area contributed by atoms with E-state index in [1.54, 1.807) is 4.90 Å². The molecule has 0 spiro atoms. The Kier molecular flexibility index (Phi) is 12.0. The highest BCUT2D eigenvalue weighted by atomic mass is 19.4. The molecule has 1 unspecified atom stereocenters. The smallest absolute Gasteiger partial charge is 0.453 e. The van der Waals surface area contributed by atoms with Gasteiger partial charge in [0.25, 0.3) is 0 Å². The van der Waals surface area contributed by atoms with Crippen molar-refractivity contribution in [1.29, 1.82) is 5.26 Å². The van der Waals surface area contributed by atoms with Gasteiger partial charge in [-0.25, -0.2) is 19.2 Å². The highest BCUT2D eigenvalue weighted by Gasteiger charge is 2.31. The third-order valence-corrected chi connectivity index (χ3v) is 5.14. The van der Waals surface area contributed by atoms with E-state index in [0.717, 1.165) is 50.9 Å². The van der Waals surface area contributed by atoms with Crippen LogP contribution in [-0.4, -0.2) is 49.6 Å². The normalized spacial score (nSPS) is 17.2. The number of benzene rings is 1. The van der Waals surface area contributed by atoms with E-state index in [2.05, 4.69) is 33.6 Å². The zero-order chi connectivity index (χ0) is 25.7. The number of amides is 3. The predicted octanol–water partition coefficient (Wildman–Crippen LogP) is 4.70. The minimum Gasteiger partial charge on any atom is -0.453 e. The Morgan fingerprint density at radius 3 is 2.44 bits per heavy atom. The lowest BCUT2D eigenvalue weighted by molar-refractivity contribution is -0.274. The Hall–Kier alpha value is -3.23. The third-order valence-electron chi connectivity index (χ3n) is 5.14. The Labute approximate surface area is 196 Å². The van der Waals surface area contributed by atoms with Crippen molar-refractivity contribution in [2.45, 2.75) is 58.0 Å². The molecule has 0 bridgehead atoms. The predicted molar refractivity (Wildman–Crippen MR) is 115 cm³/mol. The molecule has 12 heteroatoms. The standard InChI is InChI=1S/C12H12F4N2O2.C9H17NO2.CHN/c13-10-5-9(20-12(14,15)16)4-1-7(10)6-17-11(19)18-8-2-3-8;1-3-8-5-4-6-10(7-8)9(11)12-2;1-2/h1,4-5,8H,2-3,6H2,(H2,17,18,19);8H,3-7H2,1-2H3;1H. The zero-order valence-electron chi connectivity index (χ0n) is 19.2. The molecule has 1 saturated carbocycles. The summed E-state index contributed by atoms with van der Waals surface area (Å²) in [7, 11) is 1.44. The van der Waals surface area contributed by atoms with Crippen LogP contribution in [0.4, 0.5) is 27.2 Å². The van der Waals surface area contributed by atoms with Gasteiger partial charge < -0.3 is 25.0 Å². The Balaban J connectivity index is 0.000000353. The molecule has 0 aromatic heterocycles. The SMILES string of the molecule is C#N.CCC1CCCN(C(=O)OC)C1.O=C(NCc1ccc(OC(F)(F)F)cc1F)NC1CC1. The van der Waals surface area contributed by atoms with E-state index < -0.39 is 24.0 Å². The zero-order valence-corrected chi connectivity index (χ0v) is 19.2. The Bertz CT molecular complexity index is 816. The lowest BCUT2D eigenvalue weighted by Crippen LogP contribution is -2.39. The molecular formula is C22H30F4N4O4. The van der Waals surface area contributed by atoms with Crippen molar-refractivity contribution in [3.63, 3.8) is 0 Å². The van der Waals surface area contributed by atoms with Crippen LogP contribution in [-0.2, 0) is 11.3 Å². The number of piperidine rings is 1. The van der Waals surface area contributed by atoms with Crippen LogP contribution >= 0.6 is 0 Å². The number of hydrogen-bond donors (Lipinski definition) is 2. The van der Waals surface area contributed by atoms with Crippen molar-refractivity contribution < 1.29 is 36.6 Å². The van der Waals surface area contributed by atoms with Crippen LogP contribution in [0.5, 0.6) is 5.75 Å². The van der Waals surface area contributed by atoms with Gasteiger partial charge in [-0.2, -0.15) is 0 Å². The van der Waals surface area contributed by atoms with Crippen molar-refractivity contribution in [3.8, 4) is 12.3 Å². The number of hydrogen-bond acceptors (Lipinski definition) is 5. The van der Waals surface area contributed by atoms with E-state index in [0.29, 0.717) is 12.0 Å². The van der Waals surface area contributed by atoms with Crippen LogP contribution in [0.25, 0.3) is 0 Å². The van der Waals surface area contributed by atoms with Gasteiger partial charge in [0.2, 0.25) is 0 Å². The van der Waals surface area contributed by atoms with Crippen LogP contribution in [0, 0.1) is 23.6 Å². The minimum atomic E-state index is -4.86. The molecule has 1 atom stereocenters. The van der Waals surface area contributed by atoms with Gasteiger partial charge in [-0.1, -0.05) is 19.4 Å². The van der Waals surface area contributed by atoms with E-state index in [4.69, 9.17) is 5.26 Å². The van der Waals surface area contributed by atoms with Crippen molar-refractivity contribution in [3.05, 3.63) is 29.6 Å². The van der Waals surface area contributed by atoms with Crippen LogP contribution in [0.15, 0.2) is 18.2 Å². The van der Waals surface area contributed by atoms with Gasteiger partial charge in [0.1, 0.15) is 11.6 Å². The summed E-state index contributed by atoms with van der Waals surface area (Å²) >= 11 is 0. The lowest BCUT2D eigenvalue weighted by atomic mass is 9.96. The molecule has 1 aliphatic carbocycles. The summed E-state index contributed by atoms with van der Waals surface area (Å²) in [6.07, 6.45) is 0.339. The number of rotatable bonds is 5. The molecular weight excluding hydrogens is 460 g/mol. The minimum absolute atomic E-state index is 0.0745. The molecule has 1 heterocycles. The number of methoxy groups -OCH3 is 1. The first-order chi connectivity index (χ1) is 16.1. The number of likely N-dealkylation sites (tertiary alicyclic amines) is 1. The first-order valence-corrected chi connectivity index (χ1v) is 10.8. The number of nitrogens with one attached hydrogen (secondary N) is 2. The monoisotopic (exact) mass is 490 g/mol. The molecule has 3 amide bonds. The molecule has 34 heavy (non-hydrogen) atoms. The number of urea groups is 1. The Morgan fingerprint density at radius 2 is 1.91 bits per heavy atom. The fourth-order valence-electron chi connectivity index (χ4n) is 3.20. The quantitative estimate of drug-likeness (QED) is 0.583. The highest BCUT2D eigenvalue weighted by Crippen LogP contribution is 2.24. The summed E-state index contributed by atoms with van der Waals surface area (Å²) in [5.41, 5.74) is 0.0745. The lowest BCUT2D eigenvalue weighted by Gasteiger charge is -2.30. The second kappa shape index (κ2) is 14.1. The fourth-order valence-corrected chi connectivity index (χ4v) is 3.20. The number of carbonyl (C=O) groups is 2. The summed E-state index contributed by atoms with van der Waals surface area (Å²) in [6, 6.07) is 2.49. The van der Waals surface area contributed by atoms with Crippen LogP contribution in [0.1, 0.15) is 44.6 Å². The van der Waals surface area contributed by atoms with E-state index in [-0.39, 0.29) is 24.2 Å². The maximum Gasteiger partial charge on any atom is 0.573 e. The maximum atomic E-state index is 13.5. The third kappa shape index (κ3) is 11.1. The van der Waals surface area contributed by atoms with E-state index in [1.165, 1.54) is 13.5 Å². The summed E-state index contributed by atoms with van der Waals surface area (Å²) in [5, 5.41) is 11.6. The largest absolute Gasteiger partial charge is 0.573 e. The molecule has 1 aromatic rings. The van der Waals surface area contributed by atoms with E-state index >= 15 is 0 Å². The van der Waals surface area contributed by atoms with Crippen molar-refractivity contribution in [2.24, 2.45) is 5.92 Å². The molecule has 1 aliphatic heterocycles. The summed E-state index contributed by atoms with van der Waals surface area (Å²) < 4.78 is 57.6. The van der Waals surface area contributed by atoms with E-state index in [1.807, 2.05) is 0 Å². The first-order valence-electron chi connectivity index (χ1n) is 10.8. The molecule has 3 rings (SSSR count). The van der Waals surface area contributed by atoms with Crippen molar-refractivity contribution in [1.82, 2.24) is 15.5 Å². The average molecular weight is 490 g/mol. The molecule has 0 radical (unpaired) electrons. The number of alkyl halides is 3. The summed E-state index contributed by atoms with van der Waals surface area (Å²) in [6.45, 7) is 7.30. The molecule has 2 N–H and O–H groups in total. The van der Waals surface area contributed by atoms with Gasteiger partial charge >= 0.3 is 18.5 Å². The van der Waals surface area contributed by atoms with Gasteiger partial charge in [-0.15, -0.1) is 13.2 Å². The van der Waals surface area contributed by atoms with Gasteiger partial charge in [-0.3, -0.25) is 0 Å². The van der Waals surface area contributed by atoms with Crippen LogP contribution in [0.2, 0.25) is 0 Å². The number of halogens is 4. The Morgan fingerprint density at radius 1 is 1.24 bits per heavy atom. The second-order valence-corrected chi connectivity index (χ2v) is 7.73. The van der Waals surface area contributed by atoms with Crippen molar-refractivity contribution >= 4 is 12.1 Å². The molecule has 2 fully saturated rings. The topological polar surface area (TPSA) is 104 Å². The number of nitrogens with zero attached hydrogens (tertiary/aromatic N) is 2. The van der Waals surface area contributed by atoms with Crippen LogP contribution in [0.3, 0.4) is 0 Å². The first kappa shape index (κ1) is 28.8. The molecule has 2 aliphatic rings. The van der Waals surface area contributed by atoms with Gasteiger partial charge in [0, 0.05) is 43.9 Å². The van der Waals surface area contributed by atoms with E-state index in [9.17, 15) is 27.2 Å². The summed E-state index contributed by atoms with van der Waals surface area (Å²) in [5.74, 6) is -0.836. The van der Waals surface area contributed by atoms with Gasteiger partial charge in [0.05, 0.1) is 7.11 Å². The highest BCUT2D eigenvalue weighted by molar-refractivity contribution is 5.74. The number of carbonyl (C=O) groups excluding carboxylic acids is 2. The average Bonchev–Trinajstić information content (AvgIpc) is 3.62. The number of ether oxygens (including phenoxy) is 2. The molecule has 1 aromatic carbocycles. The molecule has 8 nitrogen and oxygen atoms in total. The molecule has 190 valence electrons. The van der Waals surface area contributed by atoms with Gasteiger partial charge in [0.15, 0.2) is 0 Å². The van der Waals surface area contributed by atoms with Crippen LogP contribution < -0.4 is 15.4 Å². The maximum absolute atomic E-state index is 13.5. The fraction of sp³-hybridized carbons (Fsp3) is 0.591. The molecule has 1 saturated heterocycles. The second-order valence-electron chi connectivity index (χ2n) is 7.73. The van der Waals surface area contributed by atoms with Crippen molar-refractivity contribution in [2.75, 3.05) is 20.2 Å². The number of nitriles is 1. The summed E-state index contributed by atoms with van der Waals surface area (Å²) in [4.78, 5) is 24.2. The van der Waals surface area contributed by atoms with Gasteiger partial charge in [-0.05, 0) is 37.7 Å².